The maximum atomic E-state index is 5.91. The maximum absolute atomic E-state index is 5.91. The van der Waals surface area contributed by atoms with E-state index < -0.39 is 0 Å². The highest BCUT2D eigenvalue weighted by Gasteiger charge is 2.20. The van der Waals surface area contributed by atoms with Gasteiger partial charge in [0.2, 0.25) is 0 Å². The second kappa shape index (κ2) is 6.41. The fourth-order valence-corrected chi connectivity index (χ4v) is 3.05. The summed E-state index contributed by atoms with van der Waals surface area (Å²) >= 11 is 0. The largest absolute Gasteiger partial charge is 0.378 e. The van der Waals surface area contributed by atoms with Crippen molar-refractivity contribution in [3.05, 3.63) is 35.9 Å². The molecule has 1 fully saturated rings. The molecule has 3 rings (SSSR count). The molecule has 2 N–H and O–H groups in total. The van der Waals surface area contributed by atoms with Gasteiger partial charge in [-0.1, -0.05) is 18.2 Å². The first-order valence-electron chi connectivity index (χ1n) is 7.77. The second-order valence-corrected chi connectivity index (χ2v) is 5.50. The predicted octanol–water partition coefficient (Wildman–Crippen LogP) is 2.70. The van der Waals surface area contributed by atoms with Crippen molar-refractivity contribution in [3.63, 3.8) is 0 Å². The molecule has 2 aromatic rings. The first-order chi connectivity index (χ1) is 10.3. The molecule has 0 amide bonds. The lowest BCUT2D eigenvalue weighted by atomic mass is 10.1. The van der Waals surface area contributed by atoms with Gasteiger partial charge in [0.1, 0.15) is 5.82 Å². The molecule has 1 aromatic heterocycles. The number of hydrogen-bond acceptors (Lipinski definition) is 4. The number of para-hydroxylation sites is 1. The molecule has 0 aliphatic carbocycles. The number of fused-ring (bicyclic) bond motifs is 1. The van der Waals surface area contributed by atoms with E-state index in [1.165, 1.54) is 5.56 Å². The average molecular weight is 285 g/mol. The van der Waals surface area contributed by atoms with Crippen molar-refractivity contribution in [2.45, 2.75) is 32.4 Å². The molecule has 0 atom stereocenters. The molecule has 0 spiro atoms. The minimum atomic E-state index is 0.403. The van der Waals surface area contributed by atoms with Gasteiger partial charge in [0.05, 0.1) is 11.6 Å². The Morgan fingerprint density at radius 2 is 2.05 bits per heavy atom. The van der Waals surface area contributed by atoms with Crippen LogP contribution in [0.25, 0.3) is 10.9 Å². The molecule has 112 valence electrons. The van der Waals surface area contributed by atoms with Crippen molar-refractivity contribution in [2.24, 2.45) is 5.73 Å². The van der Waals surface area contributed by atoms with Crippen LogP contribution >= 0.6 is 0 Å². The number of hydrogen-bond donors (Lipinski definition) is 1. The molecule has 2 heterocycles. The first kappa shape index (κ1) is 14.3. The molecule has 0 unspecified atom stereocenters. The Balaban J connectivity index is 1.84. The van der Waals surface area contributed by atoms with Crippen LogP contribution in [0.2, 0.25) is 0 Å². The van der Waals surface area contributed by atoms with Gasteiger partial charge >= 0.3 is 0 Å². The van der Waals surface area contributed by atoms with Crippen LogP contribution in [0.4, 0.5) is 5.82 Å². The van der Waals surface area contributed by atoms with Gasteiger partial charge in [0.25, 0.3) is 0 Å². The van der Waals surface area contributed by atoms with Crippen LogP contribution in [0.15, 0.2) is 30.3 Å². The lowest BCUT2D eigenvalue weighted by Crippen LogP contribution is -2.37. The van der Waals surface area contributed by atoms with Crippen LogP contribution in [0.1, 0.15) is 25.3 Å². The highest BCUT2D eigenvalue weighted by Crippen LogP contribution is 2.25. The van der Waals surface area contributed by atoms with Gasteiger partial charge in [0.15, 0.2) is 0 Å². The zero-order valence-corrected chi connectivity index (χ0v) is 12.6. The molecule has 0 saturated carbocycles. The van der Waals surface area contributed by atoms with Gasteiger partial charge in [-0.3, -0.25) is 0 Å². The van der Waals surface area contributed by atoms with Gasteiger partial charge < -0.3 is 15.4 Å². The summed E-state index contributed by atoms with van der Waals surface area (Å²) in [6.07, 6.45) is 2.54. The van der Waals surface area contributed by atoms with Crippen molar-refractivity contribution in [3.8, 4) is 0 Å². The lowest BCUT2D eigenvalue weighted by molar-refractivity contribution is 0.0458. The quantitative estimate of drug-likeness (QED) is 0.938. The molecular formula is C17H23N3O. The van der Waals surface area contributed by atoms with Crippen molar-refractivity contribution in [1.82, 2.24) is 4.98 Å². The van der Waals surface area contributed by atoms with Crippen molar-refractivity contribution in [1.29, 1.82) is 0 Å². The molecule has 1 aliphatic rings. The van der Waals surface area contributed by atoms with E-state index in [-0.39, 0.29) is 0 Å². The minimum Gasteiger partial charge on any atom is -0.378 e. The van der Waals surface area contributed by atoms with Crippen molar-refractivity contribution < 1.29 is 4.74 Å². The highest BCUT2D eigenvalue weighted by atomic mass is 16.5. The first-order valence-corrected chi connectivity index (χ1v) is 7.77. The number of anilines is 1. The normalized spacial score (nSPS) is 16.6. The zero-order chi connectivity index (χ0) is 14.7. The van der Waals surface area contributed by atoms with E-state index in [2.05, 4.69) is 30.0 Å². The summed E-state index contributed by atoms with van der Waals surface area (Å²) in [5, 5.41) is 1.16. The van der Waals surface area contributed by atoms with Gasteiger partial charge in [-0.25, -0.2) is 4.98 Å². The summed E-state index contributed by atoms with van der Waals surface area (Å²) in [5.74, 6) is 1.05. The zero-order valence-electron chi connectivity index (χ0n) is 12.6. The highest BCUT2D eigenvalue weighted by molar-refractivity contribution is 5.84. The molecule has 1 aliphatic heterocycles. The number of rotatable bonds is 4. The van der Waals surface area contributed by atoms with E-state index in [1.54, 1.807) is 0 Å². The van der Waals surface area contributed by atoms with Crippen LogP contribution in [0.5, 0.6) is 0 Å². The number of ether oxygens (including phenoxy) is 1. The third-order valence-corrected chi connectivity index (χ3v) is 4.18. The molecule has 21 heavy (non-hydrogen) atoms. The maximum Gasteiger partial charge on any atom is 0.129 e. The van der Waals surface area contributed by atoms with Crippen LogP contribution in [-0.2, 0) is 11.3 Å². The van der Waals surface area contributed by atoms with Crippen molar-refractivity contribution >= 4 is 16.7 Å². The fraction of sp³-hybridized carbons (Fsp3) is 0.471. The van der Waals surface area contributed by atoms with Gasteiger partial charge in [-0.15, -0.1) is 0 Å². The molecule has 0 radical (unpaired) electrons. The van der Waals surface area contributed by atoms with E-state index in [4.69, 9.17) is 15.5 Å². The van der Waals surface area contributed by atoms with E-state index in [0.717, 1.165) is 49.3 Å². The Hall–Kier alpha value is -1.65. The predicted molar refractivity (Wildman–Crippen MR) is 86.5 cm³/mol. The summed E-state index contributed by atoms with van der Waals surface area (Å²) in [5.41, 5.74) is 8.11. The molecule has 1 saturated heterocycles. The summed E-state index contributed by atoms with van der Waals surface area (Å²) < 4.78 is 5.72. The minimum absolute atomic E-state index is 0.403. The van der Waals surface area contributed by atoms with E-state index in [1.807, 2.05) is 12.1 Å². The Labute approximate surface area is 125 Å². The third-order valence-electron chi connectivity index (χ3n) is 4.18. The average Bonchev–Trinajstić information content (AvgIpc) is 2.55. The van der Waals surface area contributed by atoms with Crippen LogP contribution < -0.4 is 10.6 Å². The molecule has 0 bridgehead atoms. The standard InChI is InChI=1S/C17H23N3O/c1-2-21-14-7-9-20(10-8-14)17-11-13(12-18)15-5-3-4-6-16(15)19-17/h3-6,11,14H,2,7-10,12,18H2,1H3. The van der Waals surface area contributed by atoms with Crippen LogP contribution in [0.3, 0.4) is 0 Å². The van der Waals surface area contributed by atoms with Gasteiger partial charge in [-0.2, -0.15) is 0 Å². The Morgan fingerprint density at radius 3 is 2.76 bits per heavy atom. The lowest BCUT2D eigenvalue weighted by Gasteiger charge is -2.33. The Bertz CT molecular complexity index is 606. The second-order valence-electron chi connectivity index (χ2n) is 5.50. The summed E-state index contributed by atoms with van der Waals surface area (Å²) in [6.45, 7) is 5.41. The van der Waals surface area contributed by atoms with E-state index >= 15 is 0 Å². The van der Waals surface area contributed by atoms with Gasteiger partial charge in [-0.05, 0) is 37.5 Å². The number of nitrogens with two attached hydrogens (primary N) is 1. The topological polar surface area (TPSA) is 51.4 Å². The third kappa shape index (κ3) is 3.01. The van der Waals surface area contributed by atoms with Crippen LogP contribution in [-0.4, -0.2) is 30.8 Å². The molecule has 4 heteroatoms. The smallest absolute Gasteiger partial charge is 0.129 e. The van der Waals surface area contributed by atoms with E-state index in [0.29, 0.717) is 12.6 Å². The van der Waals surface area contributed by atoms with E-state index in [9.17, 15) is 0 Å². The summed E-state index contributed by atoms with van der Waals surface area (Å²) in [6, 6.07) is 10.4. The van der Waals surface area contributed by atoms with Crippen molar-refractivity contribution in [2.75, 3.05) is 24.6 Å². The number of benzene rings is 1. The summed E-state index contributed by atoms with van der Waals surface area (Å²) in [4.78, 5) is 7.16. The number of pyridine rings is 1. The monoisotopic (exact) mass is 285 g/mol. The molecular weight excluding hydrogens is 262 g/mol. The fourth-order valence-electron chi connectivity index (χ4n) is 3.05. The van der Waals surface area contributed by atoms with Crippen LogP contribution in [0, 0.1) is 0 Å². The Kier molecular flexibility index (Phi) is 4.36. The Morgan fingerprint density at radius 1 is 1.29 bits per heavy atom. The molecule has 1 aromatic carbocycles. The number of piperidine rings is 1. The van der Waals surface area contributed by atoms with Gasteiger partial charge in [0, 0.05) is 31.6 Å². The summed E-state index contributed by atoms with van der Waals surface area (Å²) in [7, 11) is 0. The number of nitrogens with zero attached hydrogens (tertiary/aromatic N) is 2. The SMILES string of the molecule is CCOC1CCN(c2cc(CN)c3ccccc3n2)CC1. The number of aromatic nitrogens is 1. The molecule has 4 nitrogen and oxygen atoms in total.